The molecule has 1 amide bonds. The lowest BCUT2D eigenvalue weighted by molar-refractivity contribution is -0.116. The number of para-hydroxylation sites is 1. The first-order valence-corrected chi connectivity index (χ1v) is 9.12. The zero-order valence-corrected chi connectivity index (χ0v) is 15.3. The van der Waals surface area contributed by atoms with Gasteiger partial charge in [0.05, 0.1) is 11.4 Å². The molecule has 134 valence electrons. The van der Waals surface area contributed by atoms with Crippen LogP contribution in [0.4, 0.5) is 10.1 Å². The topological polar surface area (TPSA) is 63.9 Å². The van der Waals surface area contributed by atoms with Crippen molar-refractivity contribution in [3.63, 3.8) is 0 Å². The number of benzene rings is 2. The number of anilines is 1. The minimum Gasteiger partial charge on any atom is -0.312 e. The molecule has 0 aliphatic carbocycles. The Labute approximate surface area is 155 Å². The van der Waals surface area contributed by atoms with E-state index >= 15 is 0 Å². The Morgan fingerprint density at radius 2 is 2.04 bits per heavy atom. The maximum Gasteiger partial charge on any atom is 0.237 e. The molecule has 0 aliphatic rings. The number of aryl methyl sites for hydroxylation is 1. The van der Waals surface area contributed by atoms with Crippen LogP contribution < -0.4 is 4.90 Å². The standard InChI is InChI=1S/C18H18FN5OS/c1-3-23(16-10-5-4-7-13(16)2)17(25)12-26-18-20-21-22-24(18)15-9-6-8-14(19)11-15/h4-11H,3,12H2,1-2H3. The Morgan fingerprint density at radius 3 is 2.77 bits per heavy atom. The summed E-state index contributed by atoms with van der Waals surface area (Å²) in [6.07, 6.45) is 0. The van der Waals surface area contributed by atoms with E-state index in [1.165, 1.54) is 28.6 Å². The molecule has 6 nitrogen and oxygen atoms in total. The minimum absolute atomic E-state index is 0.0411. The molecule has 0 spiro atoms. The predicted molar refractivity (Wildman–Crippen MR) is 99.0 cm³/mol. The van der Waals surface area contributed by atoms with E-state index in [2.05, 4.69) is 15.5 Å². The number of rotatable bonds is 6. The monoisotopic (exact) mass is 371 g/mol. The molecule has 0 saturated carbocycles. The van der Waals surface area contributed by atoms with E-state index in [0.29, 0.717) is 17.4 Å². The molecule has 0 unspecified atom stereocenters. The third-order valence-corrected chi connectivity index (χ3v) is 4.75. The number of hydrogen-bond acceptors (Lipinski definition) is 5. The van der Waals surface area contributed by atoms with E-state index in [0.717, 1.165) is 11.3 Å². The van der Waals surface area contributed by atoms with Crippen LogP contribution in [0.5, 0.6) is 0 Å². The number of amides is 1. The second-order valence-electron chi connectivity index (χ2n) is 5.57. The molecule has 3 rings (SSSR count). The normalized spacial score (nSPS) is 10.7. The van der Waals surface area contributed by atoms with Gasteiger partial charge in [-0.05, 0) is 54.1 Å². The van der Waals surface area contributed by atoms with Crippen molar-refractivity contribution >= 4 is 23.4 Å². The van der Waals surface area contributed by atoms with Gasteiger partial charge in [0.2, 0.25) is 11.1 Å². The number of carbonyl (C=O) groups excluding carboxylic acids is 1. The van der Waals surface area contributed by atoms with Crippen molar-refractivity contribution in [2.24, 2.45) is 0 Å². The highest BCUT2D eigenvalue weighted by atomic mass is 32.2. The first-order valence-electron chi connectivity index (χ1n) is 8.13. The van der Waals surface area contributed by atoms with Gasteiger partial charge in [-0.15, -0.1) is 5.10 Å². The fourth-order valence-electron chi connectivity index (χ4n) is 2.59. The molecule has 0 atom stereocenters. The van der Waals surface area contributed by atoms with Crippen molar-refractivity contribution in [2.75, 3.05) is 17.2 Å². The SMILES string of the molecule is CCN(C(=O)CSc1nnnn1-c1cccc(F)c1)c1ccccc1C. The van der Waals surface area contributed by atoms with Crippen LogP contribution in [0.15, 0.2) is 53.7 Å². The molecule has 8 heteroatoms. The van der Waals surface area contributed by atoms with Crippen molar-refractivity contribution in [1.82, 2.24) is 20.2 Å². The molecule has 1 heterocycles. The summed E-state index contributed by atoms with van der Waals surface area (Å²) in [5, 5.41) is 11.9. The van der Waals surface area contributed by atoms with Gasteiger partial charge in [0.1, 0.15) is 5.82 Å². The highest BCUT2D eigenvalue weighted by Crippen LogP contribution is 2.23. The lowest BCUT2D eigenvalue weighted by Crippen LogP contribution is -2.32. The zero-order valence-electron chi connectivity index (χ0n) is 14.5. The molecule has 0 fully saturated rings. The molecule has 0 aliphatic heterocycles. The molecule has 1 aromatic heterocycles. The van der Waals surface area contributed by atoms with Gasteiger partial charge >= 0.3 is 0 Å². The summed E-state index contributed by atoms with van der Waals surface area (Å²) >= 11 is 1.22. The van der Waals surface area contributed by atoms with Crippen LogP contribution in [-0.2, 0) is 4.79 Å². The van der Waals surface area contributed by atoms with Crippen LogP contribution in [0.2, 0.25) is 0 Å². The van der Waals surface area contributed by atoms with E-state index in [4.69, 9.17) is 0 Å². The molecular weight excluding hydrogens is 353 g/mol. The van der Waals surface area contributed by atoms with Crippen LogP contribution in [0.1, 0.15) is 12.5 Å². The Balaban J connectivity index is 1.74. The second kappa shape index (κ2) is 8.09. The van der Waals surface area contributed by atoms with Gasteiger partial charge in [-0.1, -0.05) is 36.0 Å². The van der Waals surface area contributed by atoms with Crippen molar-refractivity contribution < 1.29 is 9.18 Å². The Morgan fingerprint density at radius 1 is 1.23 bits per heavy atom. The minimum atomic E-state index is -0.373. The van der Waals surface area contributed by atoms with Gasteiger partial charge < -0.3 is 4.90 Å². The smallest absolute Gasteiger partial charge is 0.237 e. The first-order chi connectivity index (χ1) is 12.6. The summed E-state index contributed by atoms with van der Waals surface area (Å²) in [6, 6.07) is 13.7. The fraction of sp³-hybridized carbons (Fsp3) is 0.222. The molecule has 0 saturated heterocycles. The van der Waals surface area contributed by atoms with Crippen LogP contribution in [-0.4, -0.2) is 38.4 Å². The maximum absolute atomic E-state index is 13.4. The number of carbonyl (C=O) groups is 1. The Hall–Kier alpha value is -2.74. The lowest BCUT2D eigenvalue weighted by atomic mass is 10.2. The summed E-state index contributed by atoms with van der Waals surface area (Å²) < 4.78 is 14.9. The van der Waals surface area contributed by atoms with Crippen molar-refractivity contribution in [1.29, 1.82) is 0 Å². The molecule has 0 bridgehead atoms. The van der Waals surface area contributed by atoms with E-state index < -0.39 is 0 Å². The quantitative estimate of drug-likeness (QED) is 0.623. The van der Waals surface area contributed by atoms with Crippen LogP contribution in [0.25, 0.3) is 5.69 Å². The number of nitrogens with zero attached hydrogens (tertiary/aromatic N) is 5. The van der Waals surface area contributed by atoms with Crippen molar-refractivity contribution in [3.05, 3.63) is 59.9 Å². The summed E-state index contributed by atoms with van der Waals surface area (Å²) in [5.41, 5.74) is 2.44. The number of aromatic nitrogens is 4. The average Bonchev–Trinajstić information content (AvgIpc) is 3.11. The van der Waals surface area contributed by atoms with Crippen LogP contribution in [0, 0.1) is 12.7 Å². The van der Waals surface area contributed by atoms with E-state index in [9.17, 15) is 9.18 Å². The highest BCUT2D eigenvalue weighted by molar-refractivity contribution is 7.99. The summed E-state index contributed by atoms with van der Waals surface area (Å²) in [5.74, 6) is -0.236. The third kappa shape index (κ3) is 3.91. The fourth-order valence-corrected chi connectivity index (χ4v) is 3.36. The largest absolute Gasteiger partial charge is 0.312 e. The first kappa shape index (κ1) is 18.1. The van der Waals surface area contributed by atoms with Gasteiger partial charge in [-0.2, -0.15) is 4.68 Å². The van der Waals surface area contributed by atoms with E-state index in [1.54, 1.807) is 17.0 Å². The van der Waals surface area contributed by atoms with Crippen molar-refractivity contribution in [3.8, 4) is 5.69 Å². The van der Waals surface area contributed by atoms with Crippen molar-refractivity contribution in [2.45, 2.75) is 19.0 Å². The summed E-state index contributed by atoms with van der Waals surface area (Å²) in [7, 11) is 0. The number of tetrazole rings is 1. The average molecular weight is 371 g/mol. The highest BCUT2D eigenvalue weighted by Gasteiger charge is 2.18. The van der Waals surface area contributed by atoms with Gasteiger partial charge in [0, 0.05) is 12.2 Å². The number of hydrogen-bond donors (Lipinski definition) is 0. The van der Waals surface area contributed by atoms with Gasteiger partial charge in [-0.3, -0.25) is 4.79 Å². The Kier molecular flexibility index (Phi) is 5.62. The molecule has 0 N–H and O–H groups in total. The number of thioether (sulfide) groups is 1. The summed E-state index contributed by atoms with van der Waals surface area (Å²) in [6.45, 7) is 4.48. The van der Waals surface area contributed by atoms with E-state index in [1.807, 2.05) is 38.1 Å². The molecule has 26 heavy (non-hydrogen) atoms. The van der Waals surface area contributed by atoms with Gasteiger partial charge in [-0.25, -0.2) is 4.39 Å². The maximum atomic E-state index is 13.4. The second-order valence-corrected chi connectivity index (χ2v) is 6.51. The van der Waals surface area contributed by atoms with E-state index in [-0.39, 0.29) is 17.5 Å². The lowest BCUT2D eigenvalue weighted by Gasteiger charge is -2.22. The van der Waals surface area contributed by atoms with Gasteiger partial charge in [0.25, 0.3) is 0 Å². The third-order valence-electron chi connectivity index (χ3n) is 3.84. The molecule has 3 aromatic rings. The summed E-state index contributed by atoms with van der Waals surface area (Å²) in [4.78, 5) is 14.4. The van der Waals surface area contributed by atoms with Gasteiger partial charge in [0.15, 0.2) is 0 Å². The van der Waals surface area contributed by atoms with Crippen LogP contribution in [0.3, 0.4) is 0 Å². The molecular formula is C18H18FN5OS. The zero-order chi connectivity index (χ0) is 18.5. The molecule has 0 radical (unpaired) electrons. The predicted octanol–water partition coefficient (Wildman–Crippen LogP) is 3.26. The molecule has 2 aromatic carbocycles. The number of halogens is 1. The Bertz CT molecular complexity index is 914. The van der Waals surface area contributed by atoms with Crippen LogP contribution >= 0.6 is 11.8 Å².